The monoisotopic (exact) mass is 383 g/mol. The van der Waals surface area contributed by atoms with Crippen LogP contribution in [0.4, 0.5) is 0 Å². The Hall–Kier alpha value is -1.56. The molecule has 1 aliphatic rings. The number of amides is 1. The summed E-state index contributed by atoms with van der Waals surface area (Å²) in [4.78, 5) is 13.0. The molecule has 0 fully saturated rings. The van der Waals surface area contributed by atoms with Gasteiger partial charge in [-0.3, -0.25) is 4.79 Å². The highest BCUT2D eigenvalue weighted by molar-refractivity contribution is 8.00. The fourth-order valence-corrected chi connectivity index (χ4v) is 3.40. The van der Waals surface area contributed by atoms with Crippen molar-refractivity contribution in [1.29, 1.82) is 0 Å². The van der Waals surface area contributed by atoms with E-state index in [2.05, 4.69) is 5.32 Å². The van der Waals surface area contributed by atoms with E-state index in [-0.39, 0.29) is 5.91 Å². The minimum atomic E-state index is -0.0686. The zero-order valence-corrected chi connectivity index (χ0v) is 15.0. The Labute approximate surface area is 154 Å². The molecule has 1 amide bonds. The first kappa shape index (κ1) is 17.3. The Bertz CT molecular complexity index is 755. The van der Waals surface area contributed by atoms with E-state index in [0.29, 0.717) is 35.6 Å². The third kappa shape index (κ3) is 4.50. The smallest absolute Gasteiger partial charge is 0.230 e. The minimum Gasteiger partial charge on any atom is -0.486 e. The van der Waals surface area contributed by atoms with E-state index >= 15 is 0 Å². The molecule has 0 saturated heterocycles. The second kappa shape index (κ2) is 8.01. The first-order valence-electron chi connectivity index (χ1n) is 7.35. The van der Waals surface area contributed by atoms with Crippen molar-refractivity contribution >= 4 is 40.9 Å². The van der Waals surface area contributed by atoms with Crippen LogP contribution in [0.2, 0.25) is 10.0 Å². The number of hydrogen-bond donors (Lipinski definition) is 1. The number of fused-ring (bicyclic) bond motifs is 1. The van der Waals surface area contributed by atoms with Crippen molar-refractivity contribution in [1.82, 2.24) is 5.32 Å². The quantitative estimate of drug-likeness (QED) is 0.786. The number of rotatable bonds is 5. The van der Waals surface area contributed by atoms with Gasteiger partial charge in [-0.25, -0.2) is 0 Å². The third-order valence-electron chi connectivity index (χ3n) is 3.37. The van der Waals surface area contributed by atoms with Gasteiger partial charge in [-0.1, -0.05) is 29.3 Å². The van der Waals surface area contributed by atoms with E-state index in [9.17, 15) is 4.79 Å². The second-order valence-corrected chi connectivity index (χ2v) is 7.00. The number of halogens is 2. The molecule has 7 heteroatoms. The van der Waals surface area contributed by atoms with Crippen molar-refractivity contribution in [3.63, 3.8) is 0 Å². The van der Waals surface area contributed by atoms with Crippen LogP contribution in [0.5, 0.6) is 11.5 Å². The average Bonchev–Trinajstić information content (AvgIpc) is 2.59. The average molecular weight is 384 g/mol. The summed E-state index contributed by atoms with van der Waals surface area (Å²) in [7, 11) is 0. The van der Waals surface area contributed by atoms with Crippen molar-refractivity contribution < 1.29 is 14.3 Å². The Morgan fingerprint density at radius 1 is 1.08 bits per heavy atom. The number of carbonyl (C=O) groups excluding carboxylic acids is 1. The fourth-order valence-electron chi connectivity index (χ4n) is 2.17. The van der Waals surface area contributed by atoms with Crippen LogP contribution in [0, 0.1) is 0 Å². The maximum atomic E-state index is 12.0. The van der Waals surface area contributed by atoms with Gasteiger partial charge in [0.25, 0.3) is 0 Å². The van der Waals surface area contributed by atoms with Gasteiger partial charge < -0.3 is 14.8 Å². The van der Waals surface area contributed by atoms with Gasteiger partial charge in [-0.15, -0.1) is 11.8 Å². The van der Waals surface area contributed by atoms with Gasteiger partial charge in [0, 0.05) is 21.5 Å². The predicted molar refractivity (Wildman–Crippen MR) is 96.5 cm³/mol. The molecule has 0 aromatic heterocycles. The summed E-state index contributed by atoms with van der Waals surface area (Å²) in [5.74, 6) is 1.71. The maximum Gasteiger partial charge on any atom is 0.230 e. The Kier molecular flexibility index (Phi) is 5.76. The molecule has 1 heterocycles. The molecule has 0 bridgehead atoms. The molecule has 2 aromatic carbocycles. The van der Waals surface area contributed by atoms with Gasteiger partial charge in [-0.2, -0.15) is 0 Å². The van der Waals surface area contributed by atoms with Gasteiger partial charge in [0.1, 0.15) is 13.2 Å². The molecule has 0 unspecified atom stereocenters. The highest BCUT2D eigenvalue weighted by Crippen LogP contribution is 2.34. The van der Waals surface area contributed by atoms with Crippen molar-refractivity contribution in [3.05, 3.63) is 52.0 Å². The van der Waals surface area contributed by atoms with E-state index < -0.39 is 0 Å². The first-order chi connectivity index (χ1) is 11.6. The van der Waals surface area contributed by atoms with Gasteiger partial charge in [0.05, 0.1) is 5.75 Å². The largest absolute Gasteiger partial charge is 0.486 e. The number of hydrogen-bond acceptors (Lipinski definition) is 4. The van der Waals surface area contributed by atoms with E-state index in [4.69, 9.17) is 32.7 Å². The number of ether oxygens (including phenoxy) is 2. The van der Waals surface area contributed by atoms with Crippen LogP contribution in [0.25, 0.3) is 0 Å². The molecular weight excluding hydrogens is 369 g/mol. The molecule has 0 atom stereocenters. The van der Waals surface area contributed by atoms with E-state index in [0.717, 1.165) is 22.0 Å². The summed E-state index contributed by atoms with van der Waals surface area (Å²) in [5.41, 5.74) is 0.832. The summed E-state index contributed by atoms with van der Waals surface area (Å²) in [6.07, 6.45) is 0. The Balaban J connectivity index is 1.50. The van der Waals surface area contributed by atoms with Crippen LogP contribution in [0.15, 0.2) is 41.3 Å². The standard InChI is InChI=1S/C17H15Cl2NO3S/c18-12-2-1-11(14(19)7-12)9-20-17(21)10-24-13-3-4-15-16(8-13)23-6-5-22-15/h1-4,7-8H,5-6,9-10H2,(H,20,21). The lowest BCUT2D eigenvalue weighted by Gasteiger charge is -2.18. The molecule has 0 saturated carbocycles. The Morgan fingerprint density at radius 3 is 2.67 bits per heavy atom. The number of nitrogens with one attached hydrogen (secondary N) is 1. The number of benzene rings is 2. The van der Waals surface area contributed by atoms with Crippen LogP contribution < -0.4 is 14.8 Å². The summed E-state index contributed by atoms with van der Waals surface area (Å²) in [5, 5.41) is 3.97. The van der Waals surface area contributed by atoms with E-state index in [1.54, 1.807) is 18.2 Å². The zero-order valence-electron chi connectivity index (χ0n) is 12.7. The molecule has 0 radical (unpaired) electrons. The zero-order chi connectivity index (χ0) is 16.9. The maximum absolute atomic E-state index is 12.0. The third-order valence-corrected chi connectivity index (χ3v) is 4.96. The summed E-state index contributed by atoms with van der Waals surface area (Å²) in [6.45, 7) is 1.48. The molecule has 0 spiro atoms. The number of carbonyl (C=O) groups is 1. The highest BCUT2D eigenvalue weighted by Gasteiger charge is 2.12. The molecule has 0 aliphatic carbocycles. The number of thioether (sulfide) groups is 1. The predicted octanol–water partition coefficient (Wildman–Crippen LogP) is 4.17. The van der Waals surface area contributed by atoms with Crippen LogP contribution >= 0.6 is 35.0 Å². The van der Waals surface area contributed by atoms with Gasteiger partial charge in [0.2, 0.25) is 5.91 Å². The lowest BCUT2D eigenvalue weighted by molar-refractivity contribution is -0.118. The SMILES string of the molecule is O=C(CSc1ccc2c(c1)OCCO2)NCc1ccc(Cl)cc1Cl. The molecule has 1 aliphatic heterocycles. The highest BCUT2D eigenvalue weighted by atomic mass is 35.5. The van der Waals surface area contributed by atoms with Crippen molar-refractivity contribution in [3.8, 4) is 11.5 Å². The van der Waals surface area contributed by atoms with Gasteiger partial charge >= 0.3 is 0 Å². The summed E-state index contributed by atoms with van der Waals surface area (Å²) < 4.78 is 11.0. The second-order valence-electron chi connectivity index (χ2n) is 5.11. The van der Waals surface area contributed by atoms with Crippen molar-refractivity contribution in [2.45, 2.75) is 11.4 Å². The van der Waals surface area contributed by atoms with Crippen LogP contribution in [0.1, 0.15) is 5.56 Å². The van der Waals surface area contributed by atoms with Crippen molar-refractivity contribution in [2.24, 2.45) is 0 Å². The molecule has 2 aromatic rings. The summed E-state index contributed by atoms with van der Waals surface area (Å²) in [6, 6.07) is 10.9. The molecule has 126 valence electrons. The summed E-state index contributed by atoms with van der Waals surface area (Å²) >= 11 is 13.4. The fraction of sp³-hybridized carbons (Fsp3) is 0.235. The normalized spacial score (nSPS) is 12.8. The lowest BCUT2D eigenvalue weighted by Crippen LogP contribution is -2.24. The molecule has 4 nitrogen and oxygen atoms in total. The Morgan fingerprint density at radius 2 is 1.88 bits per heavy atom. The lowest BCUT2D eigenvalue weighted by atomic mass is 10.2. The van der Waals surface area contributed by atoms with Crippen LogP contribution in [-0.4, -0.2) is 24.9 Å². The minimum absolute atomic E-state index is 0.0686. The van der Waals surface area contributed by atoms with Crippen LogP contribution in [-0.2, 0) is 11.3 Å². The van der Waals surface area contributed by atoms with Gasteiger partial charge in [0.15, 0.2) is 11.5 Å². The molecule has 3 rings (SSSR count). The molecular formula is C17H15Cl2NO3S. The van der Waals surface area contributed by atoms with Crippen molar-refractivity contribution in [2.75, 3.05) is 19.0 Å². The van der Waals surface area contributed by atoms with E-state index in [1.807, 2.05) is 18.2 Å². The molecule has 24 heavy (non-hydrogen) atoms. The first-order valence-corrected chi connectivity index (χ1v) is 9.09. The molecule has 1 N–H and O–H groups in total. The van der Waals surface area contributed by atoms with Gasteiger partial charge in [-0.05, 0) is 35.9 Å². The van der Waals surface area contributed by atoms with E-state index in [1.165, 1.54) is 11.8 Å². The van der Waals surface area contributed by atoms with Crippen LogP contribution in [0.3, 0.4) is 0 Å². The topological polar surface area (TPSA) is 47.6 Å².